The standard InChI is InChI=1S/C18H23ClN4O2S/c1-12(17(24)22(2)3)26-18-21-20-16(13-6-8-14(19)9-7-13)23(18)11-15-5-4-10-25-15/h6-9,12,15H,4-5,10-11H2,1-3H3/t12-,15+/m1/s1. The van der Waals surface area contributed by atoms with Crippen LogP contribution in [0.3, 0.4) is 0 Å². The summed E-state index contributed by atoms with van der Waals surface area (Å²) in [6, 6.07) is 7.54. The van der Waals surface area contributed by atoms with E-state index in [0.717, 1.165) is 36.0 Å². The van der Waals surface area contributed by atoms with E-state index in [2.05, 4.69) is 14.8 Å². The van der Waals surface area contributed by atoms with Crippen LogP contribution in [0.15, 0.2) is 29.4 Å². The maximum absolute atomic E-state index is 12.2. The highest BCUT2D eigenvalue weighted by Crippen LogP contribution is 2.29. The first-order chi connectivity index (χ1) is 12.5. The molecule has 0 N–H and O–H groups in total. The van der Waals surface area contributed by atoms with Gasteiger partial charge in [-0.15, -0.1) is 10.2 Å². The Bertz CT molecular complexity index is 757. The third kappa shape index (κ3) is 4.39. The van der Waals surface area contributed by atoms with E-state index >= 15 is 0 Å². The van der Waals surface area contributed by atoms with Crippen LogP contribution in [0.5, 0.6) is 0 Å². The van der Waals surface area contributed by atoms with E-state index in [1.165, 1.54) is 11.8 Å². The lowest BCUT2D eigenvalue weighted by Gasteiger charge is -2.18. The molecule has 0 bridgehead atoms. The number of halogens is 1. The summed E-state index contributed by atoms with van der Waals surface area (Å²) in [4.78, 5) is 13.8. The summed E-state index contributed by atoms with van der Waals surface area (Å²) in [7, 11) is 3.52. The van der Waals surface area contributed by atoms with Crippen LogP contribution in [0.25, 0.3) is 11.4 Å². The molecule has 6 nitrogen and oxygen atoms in total. The molecule has 2 aromatic rings. The number of carbonyl (C=O) groups excluding carboxylic acids is 1. The molecule has 0 saturated carbocycles. The van der Waals surface area contributed by atoms with Crippen molar-refractivity contribution in [1.82, 2.24) is 19.7 Å². The molecule has 26 heavy (non-hydrogen) atoms. The van der Waals surface area contributed by atoms with E-state index in [-0.39, 0.29) is 17.3 Å². The Morgan fingerprint density at radius 1 is 1.38 bits per heavy atom. The number of ether oxygens (including phenoxy) is 1. The number of thioether (sulfide) groups is 1. The molecule has 3 rings (SSSR count). The lowest BCUT2D eigenvalue weighted by Crippen LogP contribution is -2.30. The quantitative estimate of drug-likeness (QED) is 0.703. The van der Waals surface area contributed by atoms with Gasteiger partial charge in [0.25, 0.3) is 0 Å². The predicted molar refractivity (Wildman–Crippen MR) is 103 cm³/mol. The van der Waals surface area contributed by atoms with Gasteiger partial charge < -0.3 is 9.64 Å². The molecule has 0 unspecified atom stereocenters. The number of hydrogen-bond donors (Lipinski definition) is 0. The molecule has 0 spiro atoms. The molecular weight excluding hydrogens is 372 g/mol. The van der Waals surface area contributed by atoms with Crippen molar-refractivity contribution >= 4 is 29.3 Å². The maximum atomic E-state index is 12.2. The molecule has 1 aliphatic rings. The van der Waals surface area contributed by atoms with Crippen LogP contribution in [0, 0.1) is 0 Å². The van der Waals surface area contributed by atoms with Gasteiger partial charge in [0.15, 0.2) is 11.0 Å². The van der Waals surface area contributed by atoms with Crippen molar-refractivity contribution in [3.63, 3.8) is 0 Å². The zero-order valence-corrected chi connectivity index (χ0v) is 16.8. The topological polar surface area (TPSA) is 60.2 Å². The van der Waals surface area contributed by atoms with E-state index in [0.29, 0.717) is 11.6 Å². The summed E-state index contributed by atoms with van der Waals surface area (Å²) in [6.07, 6.45) is 2.24. The molecule has 2 heterocycles. The highest BCUT2D eigenvalue weighted by Gasteiger charge is 2.25. The predicted octanol–water partition coefficient (Wildman–Crippen LogP) is 3.35. The summed E-state index contributed by atoms with van der Waals surface area (Å²) < 4.78 is 7.86. The number of carbonyl (C=O) groups is 1. The van der Waals surface area contributed by atoms with Gasteiger partial charge in [0.2, 0.25) is 5.91 Å². The van der Waals surface area contributed by atoms with Gasteiger partial charge >= 0.3 is 0 Å². The first-order valence-corrected chi connectivity index (χ1v) is 9.90. The smallest absolute Gasteiger partial charge is 0.235 e. The molecule has 1 aliphatic heterocycles. The van der Waals surface area contributed by atoms with Crippen molar-refractivity contribution in [2.75, 3.05) is 20.7 Å². The van der Waals surface area contributed by atoms with Gasteiger partial charge in [-0.1, -0.05) is 23.4 Å². The molecule has 8 heteroatoms. The van der Waals surface area contributed by atoms with Crippen LogP contribution in [-0.4, -0.2) is 57.6 Å². The van der Waals surface area contributed by atoms with Crippen molar-refractivity contribution < 1.29 is 9.53 Å². The van der Waals surface area contributed by atoms with E-state index in [9.17, 15) is 4.79 Å². The van der Waals surface area contributed by atoms with Gasteiger partial charge in [-0.2, -0.15) is 0 Å². The number of aromatic nitrogens is 3. The van der Waals surface area contributed by atoms with Gasteiger partial charge in [0, 0.05) is 31.3 Å². The molecule has 0 radical (unpaired) electrons. The zero-order valence-electron chi connectivity index (χ0n) is 15.2. The van der Waals surface area contributed by atoms with Crippen molar-refractivity contribution in [1.29, 1.82) is 0 Å². The minimum Gasteiger partial charge on any atom is -0.376 e. The fraction of sp³-hybridized carbons (Fsp3) is 0.500. The zero-order chi connectivity index (χ0) is 18.7. The Morgan fingerprint density at radius 3 is 2.73 bits per heavy atom. The van der Waals surface area contributed by atoms with Crippen LogP contribution in [-0.2, 0) is 16.1 Å². The number of nitrogens with zero attached hydrogens (tertiary/aromatic N) is 4. The summed E-state index contributed by atoms with van der Waals surface area (Å²) >= 11 is 7.43. The van der Waals surface area contributed by atoms with Crippen LogP contribution in [0.1, 0.15) is 19.8 Å². The van der Waals surface area contributed by atoms with Crippen molar-refractivity contribution in [2.24, 2.45) is 0 Å². The molecule has 1 aromatic carbocycles. The average molecular weight is 395 g/mol. The van der Waals surface area contributed by atoms with Crippen LogP contribution >= 0.6 is 23.4 Å². The highest BCUT2D eigenvalue weighted by molar-refractivity contribution is 8.00. The molecule has 0 aliphatic carbocycles. The minimum atomic E-state index is -0.240. The average Bonchev–Trinajstić information content (AvgIpc) is 3.26. The summed E-state index contributed by atoms with van der Waals surface area (Å²) in [5.74, 6) is 0.818. The molecule has 2 atom stereocenters. The first kappa shape index (κ1) is 19.2. The fourth-order valence-corrected chi connectivity index (χ4v) is 4.05. The fourth-order valence-electron chi connectivity index (χ4n) is 2.92. The van der Waals surface area contributed by atoms with Crippen molar-refractivity contribution in [2.45, 2.75) is 42.8 Å². The van der Waals surface area contributed by atoms with E-state index in [4.69, 9.17) is 16.3 Å². The molecule has 1 aromatic heterocycles. The van der Waals surface area contributed by atoms with Gasteiger partial charge in [-0.05, 0) is 44.0 Å². The Hall–Kier alpha value is -1.57. The SMILES string of the molecule is C[C@@H](Sc1nnc(-c2ccc(Cl)cc2)n1C[C@@H]1CCCO1)C(=O)N(C)C. The van der Waals surface area contributed by atoms with Crippen LogP contribution in [0.4, 0.5) is 0 Å². The van der Waals surface area contributed by atoms with Crippen molar-refractivity contribution in [3.05, 3.63) is 29.3 Å². The number of rotatable bonds is 6. The second-order valence-electron chi connectivity index (χ2n) is 6.55. The normalized spacial score (nSPS) is 18.1. The number of amides is 1. The Balaban J connectivity index is 1.90. The van der Waals surface area contributed by atoms with Gasteiger partial charge in [-0.25, -0.2) is 0 Å². The molecule has 1 amide bonds. The Morgan fingerprint density at radius 2 is 2.12 bits per heavy atom. The molecular formula is C18H23ClN4O2S. The third-order valence-electron chi connectivity index (χ3n) is 4.30. The van der Waals surface area contributed by atoms with Crippen LogP contribution < -0.4 is 0 Å². The Labute approximate surface area is 162 Å². The molecule has 140 valence electrons. The Kier molecular flexibility index (Phi) is 6.21. The maximum Gasteiger partial charge on any atom is 0.235 e. The second kappa shape index (κ2) is 8.41. The van der Waals surface area contributed by atoms with Crippen molar-refractivity contribution in [3.8, 4) is 11.4 Å². The van der Waals surface area contributed by atoms with E-state index in [1.807, 2.05) is 31.2 Å². The van der Waals surface area contributed by atoms with Crippen LogP contribution in [0.2, 0.25) is 5.02 Å². The number of benzene rings is 1. The van der Waals surface area contributed by atoms with Gasteiger partial charge in [0.05, 0.1) is 17.9 Å². The second-order valence-corrected chi connectivity index (χ2v) is 8.30. The summed E-state index contributed by atoms with van der Waals surface area (Å²) in [6.45, 7) is 3.36. The van der Waals surface area contributed by atoms with E-state index < -0.39 is 0 Å². The highest BCUT2D eigenvalue weighted by atomic mass is 35.5. The summed E-state index contributed by atoms with van der Waals surface area (Å²) in [5, 5.41) is 9.91. The molecule has 1 fully saturated rings. The molecule has 1 saturated heterocycles. The monoisotopic (exact) mass is 394 g/mol. The van der Waals surface area contributed by atoms with E-state index in [1.54, 1.807) is 19.0 Å². The lowest BCUT2D eigenvalue weighted by atomic mass is 10.2. The first-order valence-electron chi connectivity index (χ1n) is 8.64. The van der Waals surface area contributed by atoms with Gasteiger partial charge in [-0.3, -0.25) is 9.36 Å². The number of hydrogen-bond acceptors (Lipinski definition) is 5. The lowest BCUT2D eigenvalue weighted by molar-refractivity contribution is -0.127. The third-order valence-corrected chi connectivity index (χ3v) is 5.62. The summed E-state index contributed by atoms with van der Waals surface area (Å²) in [5.41, 5.74) is 0.943. The minimum absolute atomic E-state index is 0.0507. The largest absolute Gasteiger partial charge is 0.376 e. The van der Waals surface area contributed by atoms with Gasteiger partial charge in [0.1, 0.15) is 0 Å².